The number of halogens is 1. The van der Waals surface area contributed by atoms with E-state index in [1.165, 1.54) is 17.5 Å². The maximum absolute atomic E-state index is 12.9. The Balaban J connectivity index is 1.53. The Hall–Kier alpha value is -3.55. The van der Waals surface area contributed by atoms with Crippen LogP contribution < -0.4 is 10.1 Å². The van der Waals surface area contributed by atoms with Crippen molar-refractivity contribution >= 4 is 46.1 Å². The summed E-state index contributed by atoms with van der Waals surface area (Å²) in [5.74, 6) is 0.353. The van der Waals surface area contributed by atoms with Crippen molar-refractivity contribution in [2.24, 2.45) is 0 Å². The van der Waals surface area contributed by atoms with Gasteiger partial charge in [0.05, 0.1) is 12.7 Å². The average molecular weight is 449 g/mol. The van der Waals surface area contributed by atoms with Gasteiger partial charge in [-0.1, -0.05) is 59.3 Å². The van der Waals surface area contributed by atoms with Crippen LogP contribution in [0.4, 0.5) is 5.13 Å². The number of hydrogen-bond acceptors (Lipinski definition) is 6. The van der Waals surface area contributed by atoms with E-state index in [4.69, 9.17) is 16.3 Å². The molecule has 0 saturated heterocycles. The Bertz CT molecular complexity index is 1240. The minimum Gasteiger partial charge on any atom is -0.496 e. The molecule has 31 heavy (non-hydrogen) atoms. The van der Waals surface area contributed by atoms with Gasteiger partial charge in [-0.05, 0) is 35.9 Å². The molecule has 0 aliphatic carbocycles. The van der Waals surface area contributed by atoms with Gasteiger partial charge in [-0.15, -0.1) is 10.2 Å². The van der Waals surface area contributed by atoms with Crippen LogP contribution in [0.15, 0.2) is 67.0 Å². The molecule has 0 aliphatic heterocycles. The Morgan fingerprint density at radius 3 is 2.65 bits per heavy atom. The van der Waals surface area contributed by atoms with E-state index in [2.05, 4.69) is 20.5 Å². The van der Waals surface area contributed by atoms with Gasteiger partial charge in [-0.3, -0.25) is 15.1 Å². The summed E-state index contributed by atoms with van der Waals surface area (Å²) >= 11 is 7.18. The van der Waals surface area contributed by atoms with Crippen molar-refractivity contribution in [1.82, 2.24) is 15.2 Å². The van der Waals surface area contributed by atoms with Crippen LogP contribution in [0.5, 0.6) is 5.75 Å². The highest BCUT2D eigenvalue weighted by molar-refractivity contribution is 7.16. The first-order valence-corrected chi connectivity index (χ1v) is 10.5. The van der Waals surface area contributed by atoms with Gasteiger partial charge in [0.2, 0.25) is 5.13 Å². The lowest BCUT2D eigenvalue weighted by Gasteiger charge is -2.11. The summed E-state index contributed by atoms with van der Waals surface area (Å²) in [6.45, 7) is 0. The highest BCUT2D eigenvalue weighted by atomic mass is 35.5. The lowest BCUT2D eigenvalue weighted by atomic mass is 10.0. The van der Waals surface area contributed by atoms with Crippen molar-refractivity contribution in [2.75, 3.05) is 12.4 Å². The molecule has 0 fully saturated rings. The Kier molecular flexibility index (Phi) is 6.35. The predicted octanol–water partition coefficient (Wildman–Crippen LogP) is 5.68. The molecular weight excluding hydrogens is 432 g/mol. The maximum atomic E-state index is 12.9. The highest BCUT2D eigenvalue weighted by Gasteiger charge is 2.17. The first-order chi connectivity index (χ1) is 15.1. The summed E-state index contributed by atoms with van der Waals surface area (Å²) in [6.07, 6.45) is 6.91. The first-order valence-electron chi connectivity index (χ1n) is 9.30. The van der Waals surface area contributed by atoms with E-state index in [1.54, 1.807) is 19.4 Å². The SMILES string of the molecule is COc1ccccc1-c1ccncc1C(=O)Nc1nnc(C=Cc2ccc(Cl)cc2)s1. The second-order valence-electron chi connectivity index (χ2n) is 6.41. The molecule has 8 heteroatoms. The van der Waals surface area contributed by atoms with Gasteiger partial charge < -0.3 is 4.74 Å². The number of rotatable bonds is 6. The van der Waals surface area contributed by atoms with Crippen molar-refractivity contribution in [3.8, 4) is 16.9 Å². The number of amides is 1. The van der Waals surface area contributed by atoms with Crippen LogP contribution in [-0.4, -0.2) is 28.2 Å². The predicted molar refractivity (Wildman–Crippen MR) is 124 cm³/mol. The van der Waals surface area contributed by atoms with E-state index in [0.717, 1.165) is 16.7 Å². The van der Waals surface area contributed by atoms with Crippen molar-refractivity contribution in [3.63, 3.8) is 0 Å². The van der Waals surface area contributed by atoms with Crippen molar-refractivity contribution < 1.29 is 9.53 Å². The molecule has 0 atom stereocenters. The Morgan fingerprint density at radius 1 is 1.03 bits per heavy atom. The molecule has 0 radical (unpaired) electrons. The lowest BCUT2D eigenvalue weighted by molar-refractivity contribution is 0.102. The van der Waals surface area contributed by atoms with E-state index < -0.39 is 0 Å². The van der Waals surface area contributed by atoms with E-state index in [0.29, 0.717) is 26.5 Å². The zero-order valence-electron chi connectivity index (χ0n) is 16.4. The number of anilines is 1. The number of carbonyl (C=O) groups is 1. The summed E-state index contributed by atoms with van der Waals surface area (Å²) in [5, 5.41) is 12.7. The largest absolute Gasteiger partial charge is 0.496 e. The van der Waals surface area contributed by atoms with Gasteiger partial charge in [0.15, 0.2) is 0 Å². The lowest BCUT2D eigenvalue weighted by Crippen LogP contribution is -2.13. The normalized spacial score (nSPS) is 10.9. The molecule has 2 aromatic heterocycles. The standard InChI is InChI=1S/C23H17ClN4O2S/c1-30-20-5-3-2-4-18(20)17-12-13-25-14-19(17)22(29)26-23-28-27-21(31-23)11-8-15-6-9-16(24)10-7-15/h2-14H,1H3,(H,26,28,29). The summed E-state index contributed by atoms with van der Waals surface area (Å²) in [4.78, 5) is 17.1. The number of nitrogens with zero attached hydrogens (tertiary/aromatic N) is 3. The van der Waals surface area contributed by atoms with Crippen LogP contribution in [0.2, 0.25) is 5.02 Å². The second-order valence-corrected chi connectivity index (χ2v) is 7.85. The number of methoxy groups -OCH3 is 1. The smallest absolute Gasteiger partial charge is 0.259 e. The van der Waals surface area contributed by atoms with E-state index in [-0.39, 0.29) is 5.91 Å². The molecule has 2 aromatic carbocycles. The molecule has 1 amide bonds. The second kappa shape index (κ2) is 9.51. The molecule has 0 bridgehead atoms. The third-order valence-electron chi connectivity index (χ3n) is 4.41. The number of para-hydroxylation sites is 1. The molecule has 4 rings (SSSR count). The number of hydrogen-bond donors (Lipinski definition) is 1. The maximum Gasteiger partial charge on any atom is 0.259 e. The number of nitrogens with one attached hydrogen (secondary N) is 1. The molecule has 0 unspecified atom stereocenters. The van der Waals surface area contributed by atoms with Crippen LogP contribution in [0, 0.1) is 0 Å². The molecule has 1 N–H and O–H groups in total. The van der Waals surface area contributed by atoms with Gasteiger partial charge in [-0.2, -0.15) is 0 Å². The third kappa shape index (κ3) is 4.96. The van der Waals surface area contributed by atoms with Crippen LogP contribution >= 0.6 is 22.9 Å². The number of benzene rings is 2. The topological polar surface area (TPSA) is 77.0 Å². The molecule has 0 spiro atoms. The molecule has 4 aromatic rings. The van der Waals surface area contributed by atoms with Crippen molar-refractivity contribution in [3.05, 3.63) is 88.1 Å². The third-order valence-corrected chi connectivity index (χ3v) is 5.47. The van der Waals surface area contributed by atoms with E-state index >= 15 is 0 Å². The van der Waals surface area contributed by atoms with Crippen LogP contribution in [0.25, 0.3) is 23.3 Å². The molecule has 2 heterocycles. The van der Waals surface area contributed by atoms with Gasteiger partial charge in [0, 0.05) is 28.5 Å². The molecule has 0 aliphatic rings. The van der Waals surface area contributed by atoms with Crippen LogP contribution in [0.1, 0.15) is 20.9 Å². The van der Waals surface area contributed by atoms with Gasteiger partial charge in [0.1, 0.15) is 10.8 Å². The number of ether oxygens (including phenoxy) is 1. The minimum absolute atomic E-state index is 0.321. The van der Waals surface area contributed by atoms with Gasteiger partial charge >= 0.3 is 0 Å². The minimum atomic E-state index is -0.321. The van der Waals surface area contributed by atoms with Crippen molar-refractivity contribution in [2.45, 2.75) is 0 Å². The number of aromatic nitrogens is 3. The Labute approximate surface area is 188 Å². The van der Waals surface area contributed by atoms with E-state index in [1.807, 2.05) is 60.7 Å². The fourth-order valence-electron chi connectivity index (χ4n) is 2.94. The van der Waals surface area contributed by atoms with E-state index in [9.17, 15) is 4.79 Å². The number of carbonyl (C=O) groups excluding carboxylic acids is 1. The monoisotopic (exact) mass is 448 g/mol. The summed E-state index contributed by atoms with van der Waals surface area (Å²) in [7, 11) is 1.60. The summed E-state index contributed by atoms with van der Waals surface area (Å²) < 4.78 is 5.44. The fourth-order valence-corrected chi connectivity index (χ4v) is 3.70. The summed E-state index contributed by atoms with van der Waals surface area (Å²) in [6, 6.07) is 16.8. The quantitative estimate of drug-likeness (QED) is 0.410. The van der Waals surface area contributed by atoms with Crippen molar-refractivity contribution in [1.29, 1.82) is 0 Å². The Morgan fingerprint density at radius 2 is 1.84 bits per heavy atom. The average Bonchev–Trinajstić information content (AvgIpc) is 3.26. The molecular formula is C23H17ClN4O2S. The molecule has 154 valence electrons. The number of pyridine rings is 1. The zero-order valence-corrected chi connectivity index (χ0v) is 18.0. The molecule has 0 saturated carbocycles. The zero-order chi connectivity index (χ0) is 21.6. The van der Waals surface area contributed by atoms with Gasteiger partial charge in [-0.25, -0.2) is 0 Å². The highest BCUT2D eigenvalue weighted by Crippen LogP contribution is 2.32. The molecule has 6 nitrogen and oxygen atoms in total. The fraction of sp³-hybridized carbons (Fsp3) is 0.0435. The first kappa shape index (κ1) is 20.7. The van der Waals surface area contributed by atoms with Gasteiger partial charge in [0.25, 0.3) is 5.91 Å². The van der Waals surface area contributed by atoms with Crippen LogP contribution in [0.3, 0.4) is 0 Å². The summed E-state index contributed by atoms with van der Waals surface area (Å²) in [5.41, 5.74) is 2.93. The van der Waals surface area contributed by atoms with Crippen LogP contribution in [-0.2, 0) is 0 Å².